The molecule has 172 valence electrons. The number of benzene rings is 2. The van der Waals surface area contributed by atoms with Crippen LogP contribution in [0.5, 0.6) is 0 Å². The van der Waals surface area contributed by atoms with Gasteiger partial charge in [0.2, 0.25) is 0 Å². The summed E-state index contributed by atoms with van der Waals surface area (Å²) in [5.74, 6) is 0.839. The van der Waals surface area contributed by atoms with Crippen molar-refractivity contribution in [3.63, 3.8) is 0 Å². The number of hydrogen-bond donors (Lipinski definition) is 1. The third-order valence-electron chi connectivity index (χ3n) is 6.26. The number of anilines is 4. The predicted molar refractivity (Wildman–Crippen MR) is 140 cm³/mol. The van der Waals surface area contributed by atoms with Crippen LogP contribution in [-0.2, 0) is 17.8 Å². The highest BCUT2D eigenvalue weighted by Gasteiger charge is 2.25. The second-order valence-electron chi connectivity index (χ2n) is 8.37. The van der Waals surface area contributed by atoms with Gasteiger partial charge in [0.15, 0.2) is 37.9 Å². The minimum atomic E-state index is 0.511. The van der Waals surface area contributed by atoms with Crippen molar-refractivity contribution in [3.05, 3.63) is 97.6 Å². The molecule has 4 aromatic rings. The quantitative estimate of drug-likeness (QED) is 0.228. The molecule has 0 spiro atoms. The zero-order valence-corrected chi connectivity index (χ0v) is 20.3. The molecule has 6 heteroatoms. The van der Waals surface area contributed by atoms with Crippen molar-refractivity contribution in [2.24, 2.45) is 0 Å². The summed E-state index contributed by atoms with van der Waals surface area (Å²) < 4.78 is 10.5. The molecular formula is C28H30N4OS+2. The molecule has 0 saturated carbocycles. The molecule has 0 atom stereocenters. The minimum absolute atomic E-state index is 0.511. The summed E-state index contributed by atoms with van der Waals surface area (Å²) in [6.45, 7) is 2.87. The third-order valence-corrected chi connectivity index (χ3v) is 6.46. The van der Waals surface area contributed by atoms with Gasteiger partial charge in [-0.05, 0) is 35.4 Å². The summed E-state index contributed by atoms with van der Waals surface area (Å²) in [4.78, 5) is 4.50. The van der Waals surface area contributed by atoms with Crippen molar-refractivity contribution in [1.29, 1.82) is 0 Å². The van der Waals surface area contributed by atoms with Crippen LogP contribution in [0.1, 0.15) is 0 Å². The van der Waals surface area contributed by atoms with Crippen molar-refractivity contribution in [1.82, 2.24) is 0 Å². The van der Waals surface area contributed by atoms with E-state index in [0.29, 0.717) is 13.3 Å². The Labute approximate surface area is 206 Å². The Morgan fingerprint density at radius 2 is 1.15 bits per heavy atom. The molecule has 3 heterocycles. The number of hydrogen-bond acceptors (Lipinski definition) is 4. The zero-order valence-electron chi connectivity index (χ0n) is 19.4. The summed E-state index contributed by atoms with van der Waals surface area (Å²) >= 11 is 4.29. The van der Waals surface area contributed by atoms with Crippen LogP contribution in [0.15, 0.2) is 97.6 Å². The van der Waals surface area contributed by atoms with Crippen LogP contribution in [0, 0.1) is 0 Å². The predicted octanol–water partition coefficient (Wildman–Crippen LogP) is 4.75. The largest absolute Gasteiger partial charge is 0.354 e. The summed E-state index contributed by atoms with van der Waals surface area (Å²) in [6, 6.07) is 25.6. The van der Waals surface area contributed by atoms with E-state index in [1.54, 1.807) is 0 Å². The van der Waals surface area contributed by atoms with Crippen LogP contribution >= 0.6 is 12.6 Å². The first-order chi connectivity index (χ1) is 16.7. The van der Waals surface area contributed by atoms with E-state index in [2.05, 4.69) is 136 Å². The topological polar surface area (TPSA) is 23.5 Å². The summed E-state index contributed by atoms with van der Waals surface area (Å²) in [5.41, 5.74) is 7.13. The SMILES string of the molecule is CN1c2ccccc2N(COCC[n+]2ccc(-c3cc[n+](CCS)cc3)cc2)c2ccccc21. The molecule has 0 bridgehead atoms. The second-order valence-corrected chi connectivity index (χ2v) is 8.82. The monoisotopic (exact) mass is 470 g/mol. The van der Waals surface area contributed by atoms with Gasteiger partial charge in [-0.2, -0.15) is 12.6 Å². The van der Waals surface area contributed by atoms with E-state index in [9.17, 15) is 0 Å². The van der Waals surface area contributed by atoms with Crippen LogP contribution in [0.2, 0.25) is 0 Å². The summed E-state index contributed by atoms with van der Waals surface area (Å²) in [5, 5.41) is 0. The number of aromatic nitrogens is 2. The van der Waals surface area contributed by atoms with Crippen LogP contribution < -0.4 is 18.9 Å². The van der Waals surface area contributed by atoms with E-state index in [0.717, 1.165) is 18.8 Å². The molecule has 34 heavy (non-hydrogen) atoms. The van der Waals surface area contributed by atoms with Crippen LogP contribution in [-0.4, -0.2) is 26.1 Å². The molecule has 5 rings (SSSR count). The standard InChI is InChI=1S/C28H29N4OS/c1-29-25-6-2-4-8-27(25)32(28-9-5-3-7-26(28)29)22-33-20-18-30-14-10-23(11-15-30)24-12-16-31(17-13-24)19-21-34/h2-17H,18-22H2,1H3/q+1/p+1. The maximum Gasteiger partial charge on any atom is 0.171 e. The summed E-state index contributed by atoms with van der Waals surface area (Å²) in [7, 11) is 2.12. The van der Waals surface area contributed by atoms with Gasteiger partial charge in [0.05, 0.1) is 22.7 Å². The van der Waals surface area contributed by atoms with Gasteiger partial charge in [0, 0.05) is 37.1 Å². The number of fused-ring (bicyclic) bond motifs is 2. The molecule has 0 amide bonds. The fourth-order valence-electron chi connectivity index (χ4n) is 4.39. The molecule has 0 saturated heterocycles. The normalized spacial score (nSPS) is 12.4. The average molecular weight is 471 g/mol. The van der Waals surface area contributed by atoms with Crippen molar-refractivity contribution in [2.45, 2.75) is 13.1 Å². The van der Waals surface area contributed by atoms with Gasteiger partial charge in [-0.15, -0.1) is 0 Å². The number of nitrogens with zero attached hydrogens (tertiary/aromatic N) is 4. The smallest absolute Gasteiger partial charge is 0.171 e. The van der Waals surface area contributed by atoms with E-state index in [-0.39, 0.29) is 0 Å². The number of para-hydroxylation sites is 4. The van der Waals surface area contributed by atoms with E-state index in [4.69, 9.17) is 4.74 Å². The average Bonchev–Trinajstić information content (AvgIpc) is 2.89. The fraction of sp³-hybridized carbons (Fsp3) is 0.214. The maximum absolute atomic E-state index is 6.15. The van der Waals surface area contributed by atoms with Gasteiger partial charge < -0.3 is 14.5 Å². The Balaban J connectivity index is 1.21. The molecule has 1 aliphatic rings. The Hall–Kier alpha value is -3.35. The van der Waals surface area contributed by atoms with Gasteiger partial charge in [0.25, 0.3) is 0 Å². The Morgan fingerprint density at radius 3 is 1.65 bits per heavy atom. The van der Waals surface area contributed by atoms with Crippen molar-refractivity contribution in [2.75, 3.05) is 35.9 Å². The zero-order chi connectivity index (χ0) is 23.3. The van der Waals surface area contributed by atoms with Crippen LogP contribution in [0.3, 0.4) is 0 Å². The molecular weight excluding hydrogens is 440 g/mol. The first kappa shape index (κ1) is 22.4. The molecule has 5 nitrogen and oxygen atoms in total. The molecule has 0 N–H and O–H groups in total. The molecule has 2 aromatic heterocycles. The van der Waals surface area contributed by atoms with E-state index in [1.807, 2.05) is 0 Å². The van der Waals surface area contributed by atoms with Crippen molar-refractivity contribution in [3.8, 4) is 11.1 Å². The molecule has 2 aromatic carbocycles. The molecule has 0 fully saturated rings. The van der Waals surface area contributed by atoms with Crippen LogP contribution in [0.25, 0.3) is 11.1 Å². The van der Waals surface area contributed by atoms with Gasteiger partial charge in [-0.1, -0.05) is 24.3 Å². The van der Waals surface area contributed by atoms with Crippen molar-refractivity contribution < 1.29 is 13.9 Å². The molecule has 0 unspecified atom stereocenters. The van der Waals surface area contributed by atoms with Crippen molar-refractivity contribution >= 4 is 35.4 Å². The fourth-order valence-corrected chi connectivity index (χ4v) is 4.62. The molecule has 1 aliphatic heterocycles. The highest BCUT2D eigenvalue weighted by Crippen LogP contribution is 2.46. The first-order valence-electron chi connectivity index (χ1n) is 11.6. The Morgan fingerprint density at radius 1 is 0.676 bits per heavy atom. The van der Waals surface area contributed by atoms with E-state index in [1.165, 1.54) is 33.9 Å². The molecule has 0 aliphatic carbocycles. The van der Waals surface area contributed by atoms with E-state index < -0.39 is 0 Å². The van der Waals surface area contributed by atoms with Gasteiger partial charge >= 0.3 is 0 Å². The third kappa shape index (κ3) is 4.65. The maximum atomic E-state index is 6.15. The summed E-state index contributed by atoms with van der Waals surface area (Å²) in [6.07, 6.45) is 8.45. The van der Waals surface area contributed by atoms with Crippen LogP contribution in [0.4, 0.5) is 22.7 Å². The first-order valence-corrected chi connectivity index (χ1v) is 12.2. The number of aryl methyl sites for hydroxylation is 1. The van der Waals surface area contributed by atoms with Gasteiger partial charge in [0.1, 0.15) is 13.3 Å². The number of ether oxygens (including phenoxy) is 1. The Kier molecular flexibility index (Phi) is 6.79. The van der Waals surface area contributed by atoms with E-state index >= 15 is 0 Å². The highest BCUT2D eigenvalue weighted by atomic mass is 32.1. The molecule has 0 radical (unpaired) electrons. The van der Waals surface area contributed by atoms with Gasteiger partial charge in [-0.25, -0.2) is 9.13 Å². The Bertz CT molecular complexity index is 1200. The number of thiol groups is 1. The number of rotatable bonds is 8. The lowest BCUT2D eigenvalue weighted by molar-refractivity contribution is -0.698. The minimum Gasteiger partial charge on any atom is -0.354 e. The second kappa shape index (κ2) is 10.3. The number of pyridine rings is 2. The lowest BCUT2D eigenvalue weighted by Crippen LogP contribution is -2.36. The lowest BCUT2D eigenvalue weighted by Gasteiger charge is -2.38. The lowest BCUT2D eigenvalue weighted by atomic mass is 10.1. The highest BCUT2D eigenvalue weighted by molar-refractivity contribution is 7.80. The van der Waals surface area contributed by atoms with Gasteiger partial charge in [-0.3, -0.25) is 0 Å².